The Bertz CT molecular complexity index is 121. The Hall–Kier alpha value is -0.0800. The van der Waals surface area contributed by atoms with Crippen LogP contribution in [0.3, 0.4) is 0 Å². The molecular formula is C10H22O2. The number of aliphatic hydroxyl groups is 1. The van der Waals surface area contributed by atoms with E-state index >= 15 is 0 Å². The van der Waals surface area contributed by atoms with Gasteiger partial charge < -0.3 is 9.84 Å². The molecule has 0 saturated heterocycles. The van der Waals surface area contributed by atoms with Crippen LogP contribution in [0.2, 0.25) is 0 Å². The average Bonchev–Trinajstić information content (AvgIpc) is 2.02. The predicted octanol–water partition coefficient (Wildman–Crippen LogP) is 2.21. The van der Waals surface area contributed by atoms with Gasteiger partial charge in [-0.3, -0.25) is 0 Å². The summed E-state index contributed by atoms with van der Waals surface area (Å²) in [6, 6.07) is 0. The Morgan fingerprint density at radius 2 is 1.92 bits per heavy atom. The highest BCUT2D eigenvalue weighted by Crippen LogP contribution is 2.21. The Labute approximate surface area is 75.9 Å². The lowest BCUT2D eigenvalue weighted by Crippen LogP contribution is -2.31. The minimum atomic E-state index is -0.245. The van der Waals surface area contributed by atoms with Crippen LogP contribution in [0.5, 0.6) is 0 Å². The highest BCUT2D eigenvalue weighted by Gasteiger charge is 2.23. The van der Waals surface area contributed by atoms with E-state index in [1.54, 1.807) is 7.11 Å². The van der Waals surface area contributed by atoms with E-state index in [4.69, 9.17) is 4.74 Å². The molecule has 0 bridgehead atoms. The Morgan fingerprint density at radius 1 is 1.42 bits per heavy atom. The molecule has 0 aromatic carbocycles. The van der Waals surface area contributed by atoms with Crippen molar-refractivity contribution in [1.29, 1.82) is 0 Å². The molecule has 2 heteroatoms. The van der Waals surface area contributed by atoms with E-state index < -0.39 is 0 Å². The van der Waals surface area contributed by atoms with Gasteiger partial charge in [0.05, 0.1) is 11.7 Å². The maximum absolute atomic E-state index is 9.70. The SMILES string of the molecule is CCC(C)C(O)CC(C)(C)OC. The van der Waals surface area contributed by atoms with Crippen molar-refractivity contribution in [3.05, 3.63) is 0 Å². The maximum Gasteiger partial charge on any atom is 0.0647 e. The quantitative estimate of drug-likeness (QED) is 0.692. The molecule has 0 fully saturated rings. The van der Waals surface area contributed by atoms with E-state index in [2.05, 4.69) is 13.8 Å². The molecule has 0 aliphatic carbocycles. The minimum absolute atomic E-state index is 0.206. The average molecular weight is 174 g/mol. The molecule has 0 amide bonds. The van der Waals surface area contributed by atoms with E-state index in [0.717, 1.165) is 6.42 Å². The lowest BCUT2D eigenvalue weighted by Gasteiger charge is -2.28. The van der Waals surface area contributed by atoms with Crippen LogP contribution in [-0.2, 0) is 4.74 Å². The summed E-state index contributed by atoms with van der Waals surface area (Å²) < 4.78 is 5.24. The minimum Gasteiger partial charge on any atom is -0.393 e. The first-order chi connectivity index (χ1) is 5.43. The van der Waals surface area contributed by atoms with Crippen LogP contribution in [0.4, 0.5) is 0 Å². The van der Waals surface area contributed by atoms with Crippen LogP contribution in [0, 0.1) is 5.92 Å². The molecule has 0 heterocycles. The summed E-state index contributed by atoms with van der Waals surface area (Å²) in [5.74, 6) is 0.361. The largest absolute Gasteiger partial charge is 0.393 e. The summed E-state index contributed by atoms with van der Waals surface area (Å²) in [5.41, 5.74) is -0.206. The van der Waals surface area contributed by atoms with Crippen molar-refractivity contribution in [3.63, 3.8) is 0 Å². The van der Waals surface area contributed by atoms with Gasteiger partial charge in [-0.25, -0.2) is 0 Å². The highest BCUT2D eigenvalue weighted by molar-refractivity contribution is 4.75. The Morgan fingerprint density at radius 3 is 2.25 bits per heavy atom. The van der Waals surface area contributed by atoms with Gasteiger partial charge in [-0.1, -0.05) is 20.3 Å². The summed E-state index contributed by atoms with van der Waals surface area (Å²) in [4.78, 5) is 0. The van der Waals surface area contributed by atoms with E-state index in [1.807, 2.05) is 13.8 Å². The molecule has 0 aromatic rings. The predicted molar refractivity (Wildman–Crippen MR) is 51.2 cm³/mol. The van der Waals surface area contributed by atoms with Crippen LogP contribution < -0.4 is 0 Å². The van der Waals surface area contributed by atoms with Crippen molar-refractivity contribution < 1.29 is 9.84 Å². The van der Waals surface area contributed by atoms with Gasteiger partial charge in [-0.05, 0) is 19.8 Å². The lowest BCUT2D eigenvalue weighted by molar-refractivity contribution is -0.0326. The van der Waals surface area contributed by atoms with Gasteiger partial charge in [0.2, 0.25) is 0 Å². The molecule has 0 aromatic heterocycles. The standard InChI is InChI=1S/C10H22O2/c1-6-8(2)9(11)7-10(3,4)12-5/h8-9,11H,6-7H2,1-5H3. The molecule has 0 radical (unpaired) electrons. The van der Waals surface area contributed by atoms with Gasteiger partial charge in [0.25, 0.3) is 0 Å². The molecule has 2 nitrogen and oxygen atoms in total. The number of hydrogen-bond acceptors (Lipinski definition) is 2. The van der Waals surface area contributed by atoms with Crippen LogP contribution in [0.1, 0.15) is 40.5 Å². The van der Waals surface area contributed by atoms with Crippen molar-refractivity contribution in [2.45, 2.75) is 52.2 Å². The Balaban J connectivity index is 3.90. The fourth-order valence-electron chi connectivity index (χ4n) is 1.06. The lowest BCUT2D eigenvalue weighted by atomic mass is 9.91. The van der Waals surface area contributed by atoms with E-state index in [9.17, 15) is 5.11 Å². The molecule has 0 saturated carbocycles. The first-order valence-corrected chi connectivity index (χ1v) is 4.66. The molecular weight excluding hydrogens is 152 g/mol. The number of aliphatic hydroxyl groups excluding tert-OH is 1. The first-order valence-electron chi connectivity index (χ1n) is 4.66. The second kappa shape index (κ2) is 4.83. The molecule has 1 N–H and O–H groups in total. The van der Waals surface area contributed by atoms with Crippen molar-refractivity contribution >= 4 is 0 Å². The summed E-state index contributed by atoms with van der Waals surface area (Å²) in [6.07, 6.45) is 1.48. The molecule has 74 valence electrons. The summed E-state index contributed by atoms with van der Waals surface area (Å²) in [5, 5.41) is 9.70. The highest BCUT2D eigenvalue weighted by atomic mass is 16.5. The number of rotatable bonds is 5. The number of hydrogen-bond donors (Lipinski definition) is 1. The zero-order valence-corrected chi connectivity index (χ0v) is 8.92. The third-order valence-corrected chi connectivity index (χ3v) is 2.55. The van der Waals surface area contributed by atoms with Crippen molar-refractivity contribution in [2.24, 2.45) is 5.92 Å². The van der Waals surface area contributed by atoms with E-state index in [-0.39, 0.29) is 11.7 Å². The topological polar surface area (TPSA) is 29.5 Å². The smallest absolute Gasteiger partial charge is 0.0647 e. The van der Waals surface area contributed by atoms with Crippen LogP contribution in [0.25, 0.3) is 0 Å². The zero-order chi connectivity index (χ0) is 9.78. The van der Waals surface area contributed by atoms with E-state index in [0.29, 0.717) is 12.3 Å². The second-order valence-corrected chi connectivity index (χ2v) is 4.12. The normalized spacial score (nSPS) is 17.5. The zero-order valence-electron chi connectivity index (χ0n) is 8.92. The number of ether oxygens (including phenoxy) is 1. The summed E-state index contributed by atoms with van der Waals surface area (Å²) in [6.45, 7) is 8.15. The molecule has 0 spiro atoms. The van der Waals surface area contributed by atoms with E-state index in [1.165, 1.54) is 0 Å². The summed E-state index contributed by atoms with van der Waals surface area (Å²) in [7, 11) is 1.68. The molecule has 2 unspecified atom stereocenters. The molecule has 0 aliphatic rings. The van der Waals surface area contributed by atoms with Gasteiger partial charge in [0.15, 0.2) is 0 Å². The van der Waals surface area contributed by atoms with Crippen LogP contribution in [0.15, 0.2) is 0 Å². The fourth-order valence-corrected chi connectivity index (χ4v) is 1.06. The monoisotopic (exact) mass is 174 g/mol. The fraction of sp³-hybridized carbons (Fsp3) is 1.00. The van der Waals surface area contributed by atoms with Crippen LogP contribution in [-0.4, -0.2) is 23.9 Å². The summed E-state index contributed by atoms with van der Waals surface area (Å²) >= 11 is 0. The van der Waals surface area contributed by atoms with Gasteiger partial charge >= 0.3 is 0 Å². The Kier molecular flexibility index (Phi) is 4.80. The second-order valence-electron chi connectivity index (χ2n) is 4.12. The van der Waals surface area contributed by atoms with Crippen LogP contribution >= 0.6 is 0 Å². The van der Waals surface area contributed by atoms with Gasteiger partial charge in [-0.15, -0.1) is 0 Å². The van der Waals surface area contributed by atoms with Crippen molar-refractivity contribution in [1.82, 2.24) is 0 Å². The first kappa shape index (κ1) is 11.9. The number of methoxy groups -OCH3 is 1. The molecule has 12 heavy (non-hydrogen) atoms. The van der Waals surface area contributed by atoms with Gasteiger partial charge in [0.1, 0.15) is 0 Å². The molecule has 0 rings (SSSR count). The third kappa shape index (κ3) is 4.07. The molecule has 0 aliphatic heterocycles. The third-order valence-electron chi connectivity index (χ3n) is 2.55. The van der Waals surface area contributed by atoms with Gasteiger partial charge in [-0.2, -0.15) is 0 Å². The van der Waals surface area contributed by atoms with Crippen molar-refractivity contribution in [3.8, 4) is 0 Å². The maximum atomic E-state index is 9.70. The van der Waals surface area contributed by atoms with Crippen molar-refractivity contribution in [2.75, 3.05) is 7.11 Å². The van der Waals surface area contributed by atoms with Gasteiger partial charge in [0, 0.05) is 13.5 Å². The molecule has 2 atom stereocenters.